The van der Waals surface area contributed by atoms with Crippen LogP contribution in [-0.4, -0.2) is 32.1 Å². The maximum Gasteiger partial charge on any atom is 0.331 e. The molecule has 0 fully saturated rings. The van der Waals surface area contributed by atoms with Gasteiger partial charge in [-0.1, -0.05) is 0 Å². The molecule has 0 aliphatic heterocycles. The summed E-state index contributed by atoms with van der Waals surface area (Å²) in [5.74, 6) is -0.569. The summed E-state index contributed by atoms with van der Waals surface area (Å²) in [6.45, 7) is 2.59. The third kappa shape index (κ3) is 6.86. The third-order valence-corrected chi connectivity index (χ3v) is 1.18. The molecule has 0 aromatic carbocycles. The fraction of sp³-hybridized carbons (Fsp3) is 0.500. The summed E-state index contributed by atoms with van der Waals surface area (Å²) in [5, 5.41) is 5.24. The minimum atomic E-state index is -0.455. The van der Waals surface area contributed by atoms with Gasteiger partial charge in [-0.05, 0) is 6.92 Å². The second kappa shape index (κ2) is 7.15. The van der Waals surface area contributed by atoms with Crippen LogP contribution >= 0.6 is 0 Å². The molecule has 0 aromatic heterocycles. The Morgan fingerprint density at radius 2 is 2.15 bits per heavy atom. The number of ether oxygens (including phenoxy) is 1. The van der Waals surface area contributed by atoms with Crippen LogP contribution in [0.4, 0.5) is 0 Å². The van der Waals surface area contributed by atoms with E-state index in [4.69, 9.17) is 0 Å². The predicted molar refractivity (Wildman–Crippen MR) is 47.8 cm³/mol. The number of likely N-dealkylation sites (N-methyl/N-ethyl adjacent to an activating group) is 1. The van der Waals surface area contributed by atoms with Gasteiger partial charge < -0.3 is 15.4 Å². The summed E-state index contributed by atoms with van der Waals surface area (Å²) >= 11 is 0. The summed E-state index contributed by atoms with van der Waals surface area (Å²) < 4.78 is 4.34. The van der Waals surface area contributed by atoms with Crippen LogP contribution in [0.3, 0.4) is 0 Å². The van der Waals surface area contributed by atoms with Crippen LogP contribution in [0.25, 0.3) is 0 Å². The summed E-state index contributed by atoms with van der Waals surface area (Å²) in [4.78, 5) is 21.4. The molecular formula is C8H14N2O3. The number of hydrogen-bond acceptors (Lipinski definition) is 4. The molecule has 0 atom stereocenters. The van der Waals surface area contributed by atoms with Gasteiger partial charge >= 0.3 is 5.97 Å². The van der Waals surface area contributed by atoms with Crippen molar-refractivity contribution in [3.8, 4) is 0 Å². The molecule has 5 nitrogen and oxygen atoms in total. The van der Waals surface area contributed by atoms with Crippen LogP contribution < -0.4 is 10.6 Å². The topological polar surface area (TPSA) is 67.4 Å². The van der Waals surface area contributed by atoms with E-state index in [0.29, 0.717) is 6.54 Å². The smallest absolute Gasteiger partial charge is 0.331 e. The molecule has 0 bridgehead atoms. The SMILES string of the molecule is CCNC(=O)CN/C=C/C(=O)OC. The van der Waals surface area contributed by atoms with Gasteiger partial charge in [0.15, 0.2) is 0 Å². The summed E-state index contributed by atoms with van der Waals surface area (Å²) in [6.07, 6.45) is 2.58. The third-order valence-electron chi connectivity index (χ3n) is 1.18. The second-order valence-corrected chi connectivity index (χ2v) is 2.19. The van der Waals surface area contributed by atoms with E-state index in [2.05, 4.69) is 15.4 Å². The van der Waals surface area contributed by atoms with Gasteiger partial charge in [0.05, 0.1) is 13.7 Å². The molecule has 0 unspecified atom stereocenters. The van der Waals surface area contributed by atoms with E-state index >= 15 is 0 Å². The van der Waals surface area contributed by atoms with Crippen LogP contribution in [0, 0.1) is 0 Å². The lowest BCUT2D eigenvalue weighted by Crippen LogP contribution is -2.31. The van der Waals surface area contributed by atoms with Crippen molar-refractivity contribution in [3.05, 3.63) is 12.3 Å². The maximum atomic E-state index is 10.8. The quantitative estimate of drug-likeness (QED) is 0.444. The molecule has 0 spiro atoms. The van der Waals surface area contributed by atoms with Crippen LogP contribution in [0.5, 0.6) is 0 Å². The Morgan fingerprint density at radius 3 is 2.69 bits per heavy atom. The lowest BCUT2D eigenvalue weighted by atomic mass is 10.5. The number of rotatable bonds is 5. The first-order chi connectivity index (χ1) is 6.20. The highest BCUT2D eigenvalue weighted by molar-refractivity contribution is 5.82. The molecule has 0 aliphatic carbocycles. The van der Waals surface area contributed by atoms with E-state index in [9.17, 15) is 9.59 Å². The standard InChI is InChI=1S/C8H14N2O3/c1-3-10-7(11)6-9-5-4-8(12)13-2/h4-5,9H,3,6H2,1-2H3,(H,10,11)/b5-4+. The van der Waals surface area contributed by atoms with Gasteiger partial charge in [0.25, 0.3) is 0 Å². The Labute approximate surface area is 77.1 Å². The Hall–Kier alpha value is -1.52. The van der Waals surface area contributed by atoms with E-state index < -0.39 is 5.97 Å². The highest BCUT2D eigenvalue weighted by Gasteiger charge is 1.95. The van der Waals surface area contributed by atoms with Crippen molar-refractivity contribution in [1.29, 1.82) is 0 Å². The predicted octanol–water partition coefficient (Wildman–Crippen LogP) is -0.601. The monoisotopic (exact) mass is 186 g/mol. The van der Waals surface area contributed by atoms with Crippen molar-refractivity contribution >= 4 is 11.9 Å². The molecular weight excluding hydrogens is 172 g/mol. The van der Waals surface area contributed by atoms with E-state index in [-0.39, 0.29) is 12.5 Å². The van der Waals surface area contributed by atoms with Gasteiger partial charge in [0.1, 0.15) is 0 Å². The molecule has 0 saturated heterocycles. The Kier molecular flexibility index (Phi) is 6.31. The highest BCUT2D eigenvalue weighted by Crippen LogP contribution is 1.74. The lowest BCUT2D eigenvalue weighted by molar-refractivity contribution is -0.134. The summed E-state index contributed by atoms with van der Waals surface area (Å²) in [7, 11) is 1.29. The number of carbonyl (C=O) groups is 2. The van der Waals surface area contributed by atoms with Crippen molar-refractivity contribution in [2.75, 3.05) is 20.2 Å². The zero-order valence-corrected chi connectivity index (χ0v) is 7.79. The van der Waals surface area contributed by atoms with Gasteiger partial charge in [0.2, 0.25) is 5.91 Å². The molecule has 0 rings (SSSR count). The number of esters is 1. The Bertz CT molecular complexity index is 202. The van der Waals surface area contributed by atoms with Crippen LogP contribution in [0.1, 0.15) is 6.92 Å². The number of nitrogens with one attached hydrogen (secondary N) is 2. The van der Waals surface area contributed by atoms with Gasteiger partial charge in [-0.25, -0.2) is 4.79 Å². The zero-order chi connectivity index (χ0) is 10.1. The van der Waals surface area contributed by atoms with Crippen LogP contribution in [0.2, 0.25) is 0 Å². The van der Waals surface area contributed by atoms with Crippen molar-refractivity contribution in [2.24, 2.45) is 0 Å². The van der Waals surface area contributed by atoms with E-state index in [1.165, 1.54) is 19.4 Å². The van der Waals surface area contributed by atoms with Gasteiger partial charge in [-0.3, -0.25) is 4.79 Å². The second-order valence-electron chi connectivity index (χ2n) is 2.19. The first-order valence-corrected chi connectivity index (χ1v) is 3.95. The fourth-order valence-corrected chi connectivity index (χ4v) is 0.606. The number of hydrogen-bond donors (Lipinski definition) is 2. The lowest BCUT2D eigenvalue weighted by Gasteiger charge is -2.00. The van der Waals surface area contributed by atoms with Crippen LogP contribution in [0.15, 0.2) is 12.3 Å². The molecule has 1 amide bonds. The average molecular weight is 186 g/mol. The average Bonchev–Trinajstić information content (AvgIpc) is 2.12. The molecule has 0 aromatic rings. The first-order valence-electron chi connectivity index (χ1n) is 3.95. The van der Waals surface area contributed by atoms with Crippen molar-refractivity contribution in [1.82, 2.24) is 10.6 Å². The molecule has 2 N–H and O–H groups in total. The molecule has 0 aliphatic rings. The van der Waals surface area contributed by atoms with Crippen molar-refractivity contribution in [2.45, 2.75) is 6.92 Å². The molecule has 0 heterocycles. The van der Waals surface area contributed by atoms with E-state index in [1.807, 2.05) is 6.92 Å². The largest absolute Gasteiger partial charge is 0.466 e. The first kappa shape index (κ1) is 11.5. The number of amides is 1. The number of carbonyl (C=O) groups excluding carboxylic acids is 2. The molecule has 74 valence electrons. The van der Waals surface area contributed by atoms with Crippen molar-refractivity contribution in [3.63, 3.8) is 0 Å². The maximum absolute atomic E-state index is 10.8. The Morgan fingerprint density at radius 1 is 1.46 bits per heavy atom. The highest BCUT2D eigenvalue weighted by atomic mass is 16.5. The van der Waals surface area contributed by atoms with Crippen LogP contribution in [-0.2, 0) is 14.3 Å². The Balaban J connectivity index is 3.49. The van der Waals surface area contributed by atoms with Gasteiger partial charge in [0, 0.05) is 18.8 Å². The van der Waals surface area contributed by atoms with Gasteiger partial charge in [-0.2, -0.15) is 0 Å². The summed E-state index contributed by atoms with van der Waals surface area (Å²) in [5.41, 5.74) is 0. The van der Waals surface area contributed by atoms with E-state index in [1.54, 1.807) is 0 Å². The number of methoxy groups -OCH3 is 1. The molecule has 0 radical (unpaired) electrons. The molecule has 5 heteroatoms. The minimum Gasteiger partial charge on any atom is -0.466 e. The van der Waals surface area contributed by atoms with Gasteiger partial charge in [-0.15, -0.1) is 0 Å². The normalized spacial score (nSPS) is 9.69. The molecule has 13 heavy (non-hydrogen) atoms. The van der Waals surface area contributed by atoms with Crippen molar-refractivity contribution < 1.29 is 14.3 Å². The zero-order valence-electron chi connectivity index (χ0n) is 7.79. The summed E-state index contributed by atoms with van der Waals surface area (Å²) in [6, 6.07) is 0. The fourth-order valence-electron chi connectivity index (χ4n) is 0.606. The molecule has 0 saturated carbocycles. The minimum absolute atomic E-state index is 0.114. The van der Waals surface area contributed by atoms with E-state index in [0.717, 1.165) is 0 Å².